The fourth-order valence-electron chi connectivity index (χ4n) is 5.05. The van der Waals surface area contributed by atoms with E-state index >= 15 is 0 Å². The fraction of sp³-hybridized carbons (Fsp3) is 0.250. The molecule has 0 aliphatic rings. The zero-order valence-electron chi connectivity index (χ0n) is 29.5. The Balaban J connectivity index is 1.03. The minimum atomic E-state index is -0.659. The Labute approximate surface area is 308 Å². The van der Waals surface area contributed by atoms with Crippen molar-refractivity contribution in [3.63, 3.8) is 0 Å². The predicted molar refractivity (Wildman–Crippen MR) is 202 cm³/mol. The summed E-state index contributed by atoms with van der Waals surface area (Å²) >= 11 is 0. The van der Waals surface area contributed by atoms with E-state index in [1.807, 2.05) is 48.5 Å². The maximum absolute atomic E-state index is 12.3. The number of nitrogens with zero attached hydrogens (tertiary/aromatic N) is 2. The lowest BCUT2D eigenvalue weighted by Crippen LogP contribution is -2.20. The molecule has 0 saturated carbocycles. The summed E-state index contributed by atoms with van der Waals surface area (Å²) in [5.41, 5.74) is 9.48. The van der Waals surface area contributed by atoms with Crippen molar-refractivity contribution in [2.75, 3.05) is 20.3 Å². The first kappa shape index (κ1) is 39.4. The molecule has 5 N–H and O–H groups in total. The minimum absolute atomic E-state index is 0.218. The Hall–Kier alpha value is -6.34. The zero-order chi connectivity index (χ0) is 37.7. The molecule has 0 radical (unpaired) electrons. The van der Waals surface area contributed by atoms with E-state index in [2.05, 4.69) is 26.4 Å². The van der Waals surface area contributed by atoms with Gasteiger partial charge in [-0.25, -0.2) is 16.3 Å². The lowest BCUT2D eigenvalue weighted by molar-refractivity contribution is 0.0705. The third-order valence-electron chi connectivity index (χ3n) is 7.95. The van der Waals surface area contributed by atoms with Crippen LogP contribution in [0.2, 0.25) is 0 Å². The molecule has 0 bridgehead atoms. The summed E-state index contributed by atoms with van der Waals surface area (Å²) in [6.45, 7) is 1.23. The Morgan fingerprint density at radius 1 is 0.547 bits per heavy atom. The number of carbonyl (C=O) groups excluding carboxylic acids is 4. The largest absolute Gasteiger partial charge is 0.494 e. The van der Waals surface area contributed by atoms with Crippen LogP contribution in [0.3, 0.4) is 0 Å². The molecule has 13 heteroatoms. The van der Waals surface area contributed by atoms with Gasteiger partial charge in [-0.05, 0) is 96.8 Å². The molecule has 4 amide bonds. The maximum atomic E-state index is 12.3. The first-order valence-corrected chi connectivity index (χ1v) is 17.4. The molecule has 276 valence electrons. The van der Waals surface area contributed by atoms with Gasteiger partial charge < -0.3 is 14.8 Å². The first-order chi connectivity index (χ1) is 25.9. The van der Waals surface area contributed by atoms with Gasteiger partial charge in [-0.2, -0.15) is 10.2 Å². The molecule has 4 rings (SSSR count). The molecule has 0 spiro atoms. The van der Waals surface area contributed by atoms with Crippen molar-refractivity contribution in [1.29, 1.82) is 0 Å². The molecule has 0 aliphatic carbocycles. The molecular weight excluding hydrogens is 676 g/mol. The van der Waals surface area contributed by atoms with Crippen LogP contribution in [0.4, 0.5) is 0 Å². The van der Waals surface area contributed by atoms with Gasteiger partial charge in [-0.15, -0.1) is 0 Å². The van der Waals surface area contributed by atoms with E-state index in [1.165, 1.54) is 30.5 Å². The van der Waals surface area contributed by atoms with Crippen LogP contribution in [-0.4, -0.2) is 61.5 Å². The third-order valence-corrected chi connectivity index (χ3v) is 7.95. The summed E-state index contributed by atoms with van der Waals surface area (Å²) in [4.78, 5) is 47.7. The molecule has 13 nitrogen and oxygen atoms in total. The highest BCUT2D eigenvalue weighted by Crippen LogP contribution is 2.16. The number of ether oxygens (including phenoxy) is 2. The molecule has 0 aromatic heterocycles. The van der Waals surface area contributed by atoms with Gasteiger partial charge >= 0.3 is 0 Å². The molecule has 53 heavy (non-hydrogen) atoms. The molecule has 0 saturated heterocycles. The highest BCUT2D eigenvalue weighted by Gasteiger charge is 2.09. The van der Waals surface area contributed by atoms with Crippen LogP contribution in [0.5, 0.6) is 11.5 Å². The van der Waals surface area contributed by atoms with Gasteiger partial charge in [0.15, 0.2) is 0 Å². The number of hydrogen-bond acceptors (Lipinski definition) is 9. The van der Waals surface area contributed by atoms with Crippen molar-refractivity contribution in [3.8, 4) is 11.5 Å². The second-order valence-electron chi connectivity index (χ2n) is 11.9. The van der Waals surface area contributed by atoms with Crippen LogP contribution in [-0.2, 0) is 0 Å². The number of hydroxylamine groups is 1. The third kappa shape index (κ3) is 13.7. The summed E-state index contributed by atoms with van der Waals surface area (Å²) in [6.07, 6.45) is 10.6. The normalized spacial score (nSPS) is 10.9. The van der Waals surface area contributed by atoms with E-state index in [0.717, 1.165) is 67.6 Å². The van der Waals surface area contributed by atoms with Crippen LogP contribution < -0.4 is 31.1 Å². The molecular formula is C40H44N6O7. The van der Waals surface area contributed by atoms with Crippen molar-refractivity contribution < 1.29 is 33.9 Å². The van der Waals surface area contributed by atoms with Gasteiger partial charge in [0.05, 0.1) is 25.6 Å². The summed E-state index contributed by atoms with van der Waals surface area (Å²) < 4.78 is 11.8. The Morgan fingerprint density at radius 2 is 0.925 bits per heavy atom. The number of amides is 4. The SMILES string of the molecule is CNC(=O)c1ccc(C(=O)N/N=C/c2cccc(OCCCCCCCCCOc3cccc(/C=N/NC(=O)c4ccc(C(=O)NO)cc4)c3)c2)cc1. The summed E-state index contributed by atoms with van der Waals surface area (Å²) in [6, 6.07) is 27.1. The summed E-state index contributed by atoms with van der Waals surface area (Å²) in [5, 5.41) is 19.3. The van der Waals surface area contributed by atoms with E-state index in [-0.39, 0.29) is 17.4 Å². The van der Waals surface area contributed by atoms with E-state index in [4.69, 9.17) is 14.7 Å². The van der Waals surface area contributed by atoms with Gasteiger partial charge in [-0.3, -0.25) is 24.4 Å². The fourth-order valence-corrected chi connectivity index (χ4v) is 5.05. The number of hydrogen-bond donors (Lipinski definition) is 5. The standard InChI is InChI=1S/C40H44N6O7/c1-41-37(47)31-15-17-32(18-16-31)38(48)44-42-27-29-11-9-13-35(25-29)52-23-7-5-3-2-4-6-8-24-53-36-14-10-12-30(26-36)28-43-45-39(49)33-19-21-34(22-20-33)40(50)46-51/h9-22,25-28,51H,2-8,23-24H2,1H3,(H,41,47)(H,44,48)(H,45,49)(H,46,50)/b42-27+,43-28+. The molecule has 0 unspecified atom stereocenters. The van der Waals surface area contributed by atoms with Gasteiger partial charge in [0.2, 0.25) is 0 Å². The van der Waals surface area contributed by atoms with Crippen LogP contribution in [0, 0.1) is 0 Å². The van der Waals surface area contributed by atoms with Gasteiger partial charge in [0.1, 0.15) is 11.5 Å². The molecule has 0 fully saturated rings. The predicted octanol–water partition coefficient (Wildman–Crippen LogP) is 5.88. The van der Waals surface area contributed by atoms with E-state index in [0.29, 0.717) is 29.9 Å². The molecule has 4 aromatic carbocycles. The van der Waals surface area contributed by atoms with Crippen molar-refractivity contribution in [1.82, 2.24) is 21.6 Å². The van der Waals surface area contributed by atoms with E-state index in [1.54, 1.807) is 43.0 Å². The molecule has 4 aromatic rings. The van der Waals surface area contributed by atoms with Crippen molar-refractivity contribution in [2.45, 2.75) is 44.9 Å². The average Bonchev–Trinajstić information content (AvgIpc) is 3.19. The number of benzene rings is 4. The zero-order valence-corrected chi connectivity index (χ0v) is 29.5. The number of carbonyl (C=O) groups is 4. The van der Waals surface area contributed by atoms with Crippen molar-refractivity contribution in [2.24, 2.45) is 10.2 Å². The number of nitrogens with one attached hydrogen (secondary N) is 4. The molecule has 0 heterocycles. The lowest BCUT2D eigenvalue weighted by Gasteiger charge is -2.08. The van der Waals surface area contributed by atoms with Crippen LogP contribution in [0.1, 0.15) is 97.5 Å². The minimum Gasteiger partial charge on any atom is -0.494 e. The molecule has 0 aliphatic heterocycles. The smallest absolute Gasteiger partial charge is 0.274 e. The average molecular weight is 721 g/mol. The highest BCUT2D eigenvalue weighted by molar-refractivity contribution is 5.99. The van der Waals surface area contributed by atoms with Crippen LogP contribution in [0.15, 0.2) is 107 Å². The number of unbranched alkanes of at least 4 members (excludes halogenated alkanes) is 6. The second kappa shape index (κ2) is 21.8. The lowest BCUT2D eigenvalue weighted by atomic mass is 10.1. The van der Waals surface area contributed by atoms with Gasteiger partial charge in [0.25, 0.3) is 23.6 Å². The Kier molecular flexibility index (Phi) is 16.2. The van der Waals surface area contributed by atoms with Crippen molar-refractivity contribution >= 4 is 36.1 Å². The van der Waals surface area contributed by atoms with Crippen molar-refractivity contribution in [3.05, 3.63) is 130 Å². The number of hydrazone groups is 2. The number of rotatable bonds is 20. The van der Waals surface area contributed by atoms with Gasteiger partial charge in [0, 0.05) is 29.3 Å². The van der Waals surface area contributed by atoms with E-state index in [9.17, 15) is 19.2 Å². The maximum Gasteiger partial charge on any atom is 0.274 e. The van der Waals surface area contributed by atoms with Gasteiger partial charge in [-0.1, -0.05) is 56.4 Å². The Bertz CT molecular complexity index is 1730. The second-order valence-corrected chi connectivity index (χ2v) is 11.9. The summed E-state index contributed by atoms with van der Waals surface area (Å²) in [7, 11) is 1.55. The summed E-state index contributed by atoms with van der Waals surface area (Å²) in [5.74, 6) is -0.214. The topological polar surface area (TPSA) is 180 Å². The van der Waals surface area contributed by atoms with Crippen LogP contribution >= 0.6 is 0 Å². The monoisotopic (exact) mass is 720 g/mol. The highest BCUT2D eigenvalue weighted by atomic mass is 16.5. The Morgan fingerprint density at radius 3 is 1.32 bits per heavy atom. The molecule has 0 atom stereocenters. The quantitative estimate of drug-likeness (QED) is 0.0327. The van der Waals surface area contributed by atoms with Crippen LogP contribution in [0.25, 0.3) is 0 Å². The van der Waals surface area contributed by atoms with E-state index < -0.39 is 11.8 Å². The first-order valence-electron chi connectivity index (χ1n) is 17.4.